The van der Waals surface area contributed by atoms with Gasteiger partial charge in [0, 0.05) is 25.4 Å². The molecule has 2 N–H and O–H groups in total. The Morgan fingerprint density at radius 1 is 1.47 bits per heavy atom. The minimum Gasteiger partial charge on any atom is -0.474 e. The SMILES string of the molecule is CN1CCC(Oc2ccc(C(N)=O)cn2)CC1. The predicted octanol–water partition coefficient (Wildman–Crippen LogP) is 0.654. The molecule has 1 aromatic rings. The summed E-state index contributed by atoms with van der Waals surface area (Å²) in [7, 11) is 2.11. The Morgan fingerprint density at radius 3 is 2.71 bits per heavy atom. The Hall–Kier alpha value is -1.62. The molecule has 0 saturated carbocycles. The van der Waals surface area contributed by atoms with Gasteiger partial charge in [0.05, 0.1) is 5.56 Å². The molecule has 0 unspecified atom stereocenters. The van der Waals surface area contributed by atoms with Gasteiger partial charge in [0.1, 0.15) is 6.10 Å². The monoisotopic (exact) mass is 235 g/mol. The van der Waals surface area contributed by atoms with Crippen molar-refractivity contribution in [1.82, 2.24) is 9.88 Å². The number of ether oxygens (including phenoxy) is 1. The first-order chi connectivity index (χ1) is 8.15. The lowest BCUT2D eigenvalue weighted by Gasteiger charge is -2.28. The number of pyridine rings is 1. The molecular weight excluding hydrogens is 218 g/mol. The highest BCUT2D eigenvalue weighted by Gasteiger charge is 2.18. The molecule has 0 bridgehead atoms. The summed E-state index contributed by atoms with van der Waals surface area (Å²) in [4.78, 5) is 17.2. The maximum atomic E-state index is 10.9. The summed E-state index contributed by atoms with van der Waals surface area (Å²) in [6.07, 6.45) is 3.69. The number of nitrogens with zero attached hydrogens (tertiary/aromatic N) is 2. The van der Waals surface area contributed by atoms with Gasteiger partial charge < -0.3 is 15.4 Å². The molecule has 92 valence electrons. The van der Waals surface area contributed by atoms with Crippen LogP contribution in [0.3, 0.4) is 0 Å². The van der Waals surface area contributed by atoms with E-state index in [0.29, 0.717) is 11.4 Å². The number of piperidine rings is 1. The van der Waals surface area contributed by atoms with E-state index in [1.807, 2.05) is 0 Å². The van der Waals surface area contributed by atoms with Crippen molar-refractivity contribution in [2.24, 2.45) is 5.73 Å². The number of likely N-dealkylation sites (tertiary alicyclic amines) is 1. The number of aromatic nitrogens is 1. The van der Waals surface area contributed by atoms with Crippen LogP contribution < -0.4 is 10.5 Å². The van der Waals surface area contributed by atoms with Crippen molar-refractivity contribution < 1.29 is 9.53 Å². The molecule has 1 fully saturated rings. The van der Waals surface area contributed by atoms with E-state index in [4.69, 9.17) is 10.5 Å². The number of hydrogen-bond donors (Lipinski definition) is 1. The number of primary amides is 1. The molecule has 5 nitrogen and oxygen atoms in total. The first-order valence-electron chi connectivity index (χ1n) is 5.76. The van der Waals surface area contributed by atoms with E-state index in [9.17, 15) is 4.79 Å². The van der Waals surface area contributed by atoms with E-state index in [1.54, 1.807) is 12.1 Å². The van der Waals surface area contributed by atoms with Gasteiger partial charge in [0.2, 0.25) is 11.8 Å². The van der Waals surface area contributed by atoms with Crippen molar-refractivity contribution in [3.63, 3.8) is 0 Å². The second-order valence-electron chi connectivity index (χ2n) is 4.37. The normalized spacial score (nSPS) is 17.9. The Labute approximate surface area is 101 Å². The Morgan fingerprint density at radius 2 is 2.18 bits per heavy atom. The van der Waals surface area contributed by atoms with E-state index in [0.717, 1.165) is 25.9 Å². The molecule has 0 aliphatic carbocycles. The van der Waals surface area contributed by atoms with Crippen molar-refractivity contribution >= 4 is 5.91 Å². The number of rotatable bonds is 3. The molecule has 1 aliphatic heterocycles. The molecule has 2 heterocycles. The average molecular weight is 235 g/mol. The molecule has 0 spiro atoms. The van der Waals surface area contributed by atoms with Crippen LogP contribution in [0, 0.1) is 0 Å². The maximum absolute atomic E-state index is 10.9. The van der Waals surface area contributed by atoms with Gasteiger partial charge in [-0.05, 0) is 26.0 Å². The molecule has 0 aromatic carbocycles. The van der Waals surface area contributed by atoms with Crippen LogP contribution >= 0.6 is 0 Å². The summed E-state index contributed by atoms with van der Waals surface area (Å²) < 4.78 is 5.75. The fourth-order valence-corrected chi connectivity index (χ4v) is 1.87. The lowest BCUT2D eigenvalue weighted by molar-refractivity contribution is 0.0998. The number of nitrogens with two attached hydrogens (primary N) is 1. The summed E-state index contributed by atoms with van der Waals surface area (Å²) in [5.74, 6) is 0.0906. The van der Waals surface area contributed by atoms with Gasteiger partial charge in [0.25, 0.3) is 0 Å². The molecule has 17 heavy (non-hydrogen) atoms. The average Bonchev–Trinajstić information content (AvgIpc) is 2.33. The zero-order valence-corrected chi connectivity index (χ0v) is 9.93. The van der Waals surface area contributed by atoms with E-state index in [1.165, 1.54) is 6.20 Å². The van der Waals surface area contributed by atoms with Gasteiger partial charge in [-0.25, -0.2) is 4.98 Å². The van der Waals surface area contributed by atoms with Crippen LogP contribution in [0.4, 0.5) is 0 Å². The Kier molecular flexibility index (Phi) is 3.58. The molecule has 0 radical (unpaired) electrons. The van der Waals surface area contributed by atoms with Crippen LogP contribution in [0.15, 0.2) is 18.3 Å². The van der Waals surface area contributed by atoms with Crippen molar-refractivity contribution in [3.05, 3.63) is 23.9 Å². The highest BCUT2D eigenvalue weighted by molar-refractivity contribution is 5.92. The first-order valence-corrected chi connectivity index (χ1v) is 5.76. The molecule has 2 rings (SSSR count). The van der Waals surface area contributed by atoms with Crippen LogP contribution in [0.2, 0.25) is 0 Å². The molecule has 1 aliphatic rings. The third kappa shape index (κ3) is 3.17. The standard InChI is InChI=1S/C12H17N3O2/c1-15-6-4-10(5-7-15)17-11-3-2-9(8-14-11)12(13)16/h2-3,8,10H,4-7H2,1H3,(H2,13,16). The highest BCUT2D eigenvalue weighted by Crippen LogP contribution is 2.16. The quantitative estimate of drug-likeness (QED) is 0.835. The number of carbonyl (C=O) groups excluding carboxylic acids is 1. The lowest BCUT2D eigenvalue weighted by Crippen LogP contribution is -2.35. The largest absolute Gasteiger partial charge is 0.474 e. The third-order valence-electron chi connectivity index (χ3n) is 2.97. The van der Waals surface area contributed by atoms with Crippen LogP contribution in [0.25, 0.3) is 0 Å². The second kappa shape index (κ2) is 5.14. The van der Waals surface area contributed by atoms with E-state index in [-0.39, 0.29) is 6.10 Å². The van der Waals surface area contributed by atoms with Crippen molar-refractivity contribution in [1.29, 1.82) is 0 Å². The Bertz CT molecular complexity index is 383. The molecule has 0 atom stereocenters. The molecule has 5 heteroatoms. The van der Waals surface area contributed by atoms with Gasteiger partial charge in [-0.15, -0.1) is 0 Å². The van der Waals surface area contributed by atoms with E-state index >= 15 is 0 Å². The fourth-order valence-electron chi connectivity index (χ4n) is 1.87. The summed E-state index contributed by atoms with van der Waals surface area (Å²) in [6.45, 7) is 2.09. The zero-order valence-electron chi connectivity index (χ0n) is 9.93. The molecule has 1 amide bonds. The maximum Gasteiger partial charge on any atom is 0.250 e. The van der Waals surface area contributed by atoms with E-state index < -0.39 is 5.91 Å². The Balaban J connectivity index is 1.92. The van der Waals surface area contributed by atoms with Crippen molar-refractivity contribution in [2.45, 2.75) is 18.9 Å². The first kappa shape index (κ1) is 11.9. The van der Waals surface area contributed by atoms with Gasteiger partial charge in [-0.2, -0.15) is 0 Å². The van der Waals surface area contributed by atoms with Gasteiger partial charge in [-0.1, -0.05) is 0 Å². The van der Waals surface area contributed by atoms with E-state index in [2.05, 4.69) is 16.9 Å². The zero-order chi connectivity index (χ0) is 12.3. The minimum absolute atomic E-state index is 0.220. The van der Waals surface area contributed by atoms with Crippen LogP contribution in [0.1, 0.15) is 23.2 Å². The summed E-state index contributed by atoms with van der Waals surface area (Å²) in [5.41, 5.74) is 5.54. The summed E-state index contributed by atoms with van der Waals surface area (Å²) in [6, 6.07) is 3.33. The summed E-state index contributed by atoms with van der Waals surface area (Å²) in [5, 5.41) is 0. The lowest BCUT2D eigenvalue weighted by atomic mass is 10.1. The molecular formula is C12H17N3O2. The van der Waals surface area contributed by atoms with Gasteiger partial charge in [-0.3, -0.25) is 4.79 Å². The van der Waals surface area contributed by atoms with Crippen molar-refractivity contribution in [3.8, 4) is 5.88 Å². The smallest absolute Gasteiger partial charge is 0.250 e. The topological polar surface area (TPSA) is 68.5 Å². The predicted molar refractivity (Wildman–Crippen MR) is 63.9 cm³/mol. The van der Waals surface area contributed by atoms with Crippen molar-refractivity contribution in [2.75, 3.05) is 20.1 Å². The van der Waals surface area contributed by atoms with Crippen LogP contribution in [0.5, 0.6) is 5.88 Å². The van der Waals surface area contributed by atoms with Gasteiger partial charge in [0.15, 0.2) is 0 Å². The molecule has 1 aromatic heterocycles. The number of amides is 1. The fraction of sp³-hybridized carbons (Fsp3) is 0.500. The number of carbonyl (C=O) groups is 1. The second-order valence-corrected chi connectivity index (χ2v) is 4.37. The molecule has 1 saturated heterocycles. The van der Waals surface area contributed by atoms with Gasteiger partial charge >= 0.3 is 0 Å². The van der Waals surface area contributed by atoms with Crippen LogP contribution in [-0.4, -0.2) is 42.0 Å². The highest BCUT2D eigenvalue weighted by atomic mass is 16.5. The number of hydrogen-bond acceptors (Lipinski definition) is 4. The summed E-state index contributed by atoms with van der Waals surface area (Å²) >= 11 is 0. The minimum atomic E-state index is -0.469. The third-order valence-corrected chi connectivity index (χ3v) is 2.97. The van der Waals surface area contributed by atoms with Crippen LogP contribution in [-0.2, 0) is 0 Å².